The van der Waals surface area contributed by atoms with E-state index in [2.05, 4.69) is 0 Å². The van der Waals surface area contributed by atoms with Crippen molar-refractivity contribution >= 4 is 29.0 Å². The van der Waals surface area contributed by atoms with Crippen LogP contribution in [0.25, 0.3) is 5.57 Å². The van der Waals surface area contributed by atoms with Crippen LogP contribution in [0, 0.1) is 23.7 Å². The summed E-state index contributed by atoms with van der Waals surface area (Å²) in [6.07, 6.45) is 4.03. The molecular weight excluding hydrogens is 578 g/mol. The van der Waals surface area contributed by atoms with Crippen LogP contribution in [-0.4, -0.2) is 46.0 Å². The number of methoxy groups -OCH3 is 1. The fourth-order valence-corrected chi connectivity index (χ4v) is 8.82. The molecule has 4 aliphatic rings. The highest BCUT2D eigenvalue weighted by atomic mass is 16.5. The lowest BCUT2D eigenvalue weighted by molar-refractivity contribution is -0.145. The number of Topliss-reactive ketones (excluding diaryl/α,β-unsaturated/α-hetero) is 1. The van der Waals surface area contributed by atoms with E-state index in [9.17, 15) is 19.5 Å². The number of fused-ring (bicyclic) bond motifs is 4. The van der Waals surface area contributed by atoms with Crippen LogP contribution in [0.4, 0.5) is 0 Å². The topological polar surface area (TPSA) is 101 Å². The van der Waals surface area contributed by atoms with Crippen molar-refractivity contribution in [3.63, 3.8) is 0 Å². The van der Waals surface area contributed by atoms with E-state index >= 15 is 4.79 Å². The number of amides is 2. The van der Waals surface area contributed by atoms with E-state index < -0.39 is 40.5 Å². The molecule has 1 N–H and O–H groups in total. The number of benzene rings is 3. The van der Waals surface area contributed by atoms with Crippen molar-refractivity contribution in [3.8, 4) is 11.5 Å². The highest BCUT2D eigenvalue weighted by Crippen LogP contribution is 2.65. The minimum atomic E-state index is -1.41. The number of aromatic hydroxyl groups is 1. The first-order valence-corrected chi connectivity index (χ1v) is 15.9. The van der Waals surface area contributed by atoms with Crippen LogP contribution in [-0.2, 0) is 24.6 Å². The maximum Gasteiger partial charge on any atom is 0.234 e. The quantitative estimate of drug-likeness (QED) is 0.285. The molecule has 7 heteroatoms. The molecule has 46 heavy (non-hydrogen) atoms. The number of para-hydroxylation sites is 1. The van der Waals surface area contributed by atoms with E-state index in [0.29, 0.717) is 28.7 Å². The molecule has 0 radical (unpaired) electrons. The molecule has 6 unspecified atom stereocenters. The number of ketones is 2. The van der Waals surface area contributed by atoms with Crippen LogP contribution in [0.3, 0.4) is 0 Å². The predicted molar refractivity (Wildman–Crippen MR) is 173 cm³/mol. The molecule has 6 atom stereocenters. The number of allylic oxidation sites excluding steroid dienone is 4. The monoisotopic (exact) mass is 615 g/mol. The molecule has 3 aliphatic carbocycles. The number of rotatable bonds is 4. The van der Waals surface area contributed by atoms with Crippen molar-refractivity contribution in [2.45, 2.75) is 50.5 Å². The van der Waals surface area contributed by atoms with Crippen molar-refractivity contribution in [2.24, 2.45) is 23.7 Å². The van der Waals surface area contributed by atoms with E-state index in [1.807, 2.05) is 87.5 Å². The number of likely N-dealkylation sites (tertiary alicyclic amines) is 1. The molecule has 7 rings (SSSR count). The molecule has 0 spiro atoms. The Bertz CT molecular complexity index is 1830. The Balaban J connectivity index is 1.52. The van der Waals surface area contributed by atoms with E-state index in [1.165, 1.54) is 18.1 Å². The average molecular weight is 616 g/mol. The van der Waals surface area contributed by atoms with Gasteiger partial charge in [0.25, 0.3) is 0 Å². The normalized spacial score (nSPS) is 29.0. The molecule has 1 aliphatic heterocycles. The van der Waals surface area contributed by atoms with Crippen LogP contribution in [0.15, 0.2) is 96.6 Å². The van der Waals surface area contributed by atoms with Gasteiger partial charge in [0.2, 0.25) is 11.8 Å². The molecular formula is C39H37NO6. The van der Waals surface area contributed by atoms with Crippen LogP contribution in [0.1, 0.15) is 56.2 Å². The van der Waals surface area contributed by atoms with E-state index in [0.717, 1.165) is 5.57 Å². The summed E-state index contributed by atoms with van der Waals surface area (Å²) in [6, 6.07) is 23.7. The number of phenolic OH excluding ortho intramolecular Hbond substituents is 1. The zero-order valence-corrected chi connectivity index (χ0v) is 26.4. The Morgan fingerprint density at radius 2 is 1.52 bits per heavy atom. The Kier molecular flexibility index (Phi) is 6.92. The van der Waals surface area contributed by atoms with Crippen molar-refractivity contribution in [2.75, 3.05) is 7.11 Å². The van der Waals surface area contributed by atoms with E-state index in [4.69, 9.17) is 4.74 Å². The van der Waals surface area contributed by atoms with Gasteiger partial charge < -0.3 is 9.84 Å². The maximum absolute atomic E-state index is 15.0. The average Bonchev–Trinajstić information content (AvgIpc) is 3.32. The Hall–Kier alpha value is -4.78. The standard InChI is InChI=1S/C39H37NO6/c1-38(2,3)40-36(44)25-19-18-24-28(32(25)37(40)45)20-29-34(42)27(22-12-7-5-8-13-22)21-31(41)39(29,23-14-9-6-10-15-23)33(24)26-16-11-17-30(46-4)35(26)43/h5-18,21,25,28-29,32-33,43H,19-20H2,1-4H3. The molecule has 2 fully saturated rings. The fraction of sp³-hybridized carbons (Fsp3) is 0.333. The SMILES string of the molecule is COc1cccc(C2C3=CCC4C(=O)N(C(C)(C)C)C(=O)C4C3CC3C(=O)C(c4ccccc4)=CC(=O)C32c2ccccc2)c1O. The second-order valence-corrected chi connectivity index (χ2v) is 13.9. The minimum absolute atomic E-state index is 0.115. The number of hydrogen-bond acceptors (Lipinski definition) is 6. The Labute approximate surface area is 268 Å². The van der Waals surface area contributed by atoms with Crippen LogP contribution in [0.5, 0.6) is 11.5 Å². The number of imide groups is 1. The fourth-order valence-electron chi connectivity index (χ4n) is 8.82. The summed E-state index contributed by atoms with van der Waals surface area (Å²) in [6.45, 7) is 5.56. The third-order valence-electron chi connectivity index (χ3n) is 10.6. The van der Waals surface area contributed by atoms with Gasteiger partial charge >= 0.3 is 0 Å². The molecule has 3 aromatic rings. The van der Waals surface area contributed by atoms with Crippen molar-refractivity contribution in [1.82, 2.24) is 4.90 Å². The number of carbonyl (C=O) groups is 4. The Morgan fingerprint density at radius 3 is 2.17 bits per heavy atom. The van der Waals surface area contributed by atoms with Gasteiger partial charge in [-0.2, -0.15) is 0 Å². The highest BCUT2D eigenvalue weighted by molar-refractivity contribution is 6.31. The van der Waals surface area contributed by atoms with Crippen LogP contribution >= 0.6 is 0 Å². The van der Waals surface area contributed by atoms with Crippen molar-refractivity contribution < 1.29 is 29.0 Å². The summed E-state index contributed by atoms with van der Waals surface area (Å²) >= 11 is 0. The van der Waals surface area contributed by atoms with Gasteiger partial charge in [0.05, 0.1) is 24.4 Å². The second kappa shape index (κ2) is 10.6. The lowest BCUT2D eigenvalue weighted by Gasteiger charge is -2.55. The molecule has 2 amide bonds. The van der Waals surface area contributed by atoms with Crippen LogP contribution < -0.4 is 4.74 Å². The molecule has 1 heterocycles. The Morgan fingerprint density at radius 1 is 0.848 bits per heavy atom. The van der Waals surface area contributed by atoms with Gasteiger partial charge in [-0.3, -0.25) is 24.1 Å². The van der Waals surface area contributed by atoms with E-state index in [1.54, 1.807) is 18.2 Å². The molecule has 3 aromatic carbocycles. The van der Waals surface area contributed by atoms with Gasteiger partial charge in [0.1, 0.15) is 0 Å². The summed E-state index contributed by atoms with van der Waals surface area (Å²) in [5, 5.41) is 11.7. The summed E-state index contributed by atoms with van der Waals surface area (Å²) in [5.74, 6) is -4.13. The summed E-state index contributed by atoms with van der Waals surface area (Å²) < 4.78 is 5.52. The summed E-state index contributed by atoms with van der Waals surface area (Å²) in [7, 11) is 1.47. The molecule has 0 aromatic heterocycles. The largest absolute Gasteiger partial charge is 0.504 e. The van der Waals surface area contributed by atoms with E-state index in [-0.39, 0.29) is 41.3 Å². The smallest absolute Gasteiger partial charge is 0.234 e. The van der Waals surface area contributed by atoms with Gasteiger partial charge in [-0.25, -0.2) is 0 Å². The van der Waals surface area contributed by atoms with Gasteiger partial charge in [-0.1, -0.05) is 84.4 Å². The highest BCUT2D eigenvalue weighted by Gasteiger charge is 2.66. The van der Waals surface area contributed by atoms with Gasteiger partial charge in [0.15, 0.2) is 23.1 Å². The van der Waals surface area contributed by atoms with Gasteiger partial charge in [-0.05, 0) is 62.8 Å². The third kappa shape index (κ3) is 4.10. The zero-order chi connectivity index (χ0) is 32.5. The summed E-state index contributed by atoms with van der Waals surface area (Å²) in [4.78, 5) is 59.4. The first-order chi connectivity index (χ1) is 22.0. The van der Waals surface area contributed by atoms with Gasteiger partial charge in [0, 0.05) is 28.5 Å². The minimum Gasteiger partial charge on any atom is -0.504 e. The molecule has 234 valence electrons. The van der Waals surface area contributed by atoms with Gasteiger partial charge in [-0.15, -0.1) is 0 Å². The zero-order valence-electron chi connectivity index (χ0n) is 26.4. The molecule has 1 saturated carbocycles. The first-order valence-electron chi connectivity index (χ1n) is 15.9. The number of ether oxygens (including phenoxy) is 1. The molecule has 1 saturated heterocycles. The number of nitrogens with zero attached hydrogens (tertiary/aromatic N) is 1. The maximum atomic E-state index is 15.0. The molecule has 7 nitrogen and oxygen atoms in total. The number of hydrogen-bond donors (Lipinski definition) is 1. The third-order valence-corrected chi connectivity index (χ3v) is 10.6. The first kappa shape index (κ1) is 29.9. The van der Waals surface area contributed by atoms with Crippen molar-refractivity contribution in [1.29, 1.82) is 0 Å². The van der Waals surface area contributed by atoms with Crippen molar-refractivity contribution in [3.05, 3.63) is 113 Å². The lowest BCUT2D eigenvalue weighted by Crippen LogP contribution is -2.59. The lowest BCUT2D eigenvalue weighted by atomic mass is 9.44. The predicted octanol–water partition coefficient (Wildman–Crippen LogP) is 6.02. The summed E-state index contributed by atoms with van der Waals surface area (Å²) in [5.41, 5.74) is 0.784. The number of phenols is 1. The molecule has 0 bridgehead atoms. The van der Waals surface area contributed by atoms with Crippen LogP contribution in [0.2, 0.25) is 0 Å². The second-order valence-electron chi connectivity index (χ2n) is 13.9. The number of carbonyl (C=O) groups excluding carboxylic acids is 4.